The smallest absolute Gasteiger partial charge is 0.337 e. The Hall–Kier alpha value is -1.62. The number of fused-ring (bicyclic) bond motifs is 1. The first kappa shape index (κ1) is 10.9. The number of ether oxygens (including phenoxy) is 1. The summed E-state index contributed by atoms with van der Waals surface area (Å²) in [4.78, 5) is 14.8. The van der Waals surface area contributed by atoms with E-state index >= 15 is 0 Å². The van der Waals surface area contributed by atoms with E-state index < -0.39 is 5.97 Å². The SMILES string of the molecule is CC1(C)C[C@H](N)c2cc(C(=O)O)cnc2O1. The van der Waals surface area contributed by atoms with Gasteiger partial charge in [-0.3, -0.25) is 0 Å². The molecule has 86 valence electrons. The summed E-state index contributed by atoms with van der Waals surface area (Å²) in [5.41, 5.74) is 6.42. The van der Waals surface area contributed by atoms with Crippen LogP contribution in [-0.4, -0.2) is 21.7 Å². The minimum atomic E-state index is -1.01. The second-order valence-electron chi connectivity index (χ2n) is 4.60. The maximum absolute atomic E-state index is 10.8. The number of nitrogens with zero attached hydrogens (tertiary/aromatic N) is 1. The van der Waals surface area contributed by atoms with Crippen LogP contribution < -0.4 is 10.5 Å². The van der Waals surface area contributed by atoms with Gasteiger partial charge in [0.1, 0.15) is 5.60 Å². The third-order valence-electron chi connectivity index (χ3n) is 2.61. The fourth-order valence-electron chi connectivity index (χ4n) is 1.88. The number of aromatic nitrogens is 1. The van der Waals surface area contributed by atoms with Gasteiger partial charge in [-0.2, -0.15) is 0 Å². The Bertz CT molecular complexity index is 443. The molecule has 0 radical (unpaired) electrons. The molecule has 2 rings (SSSR count). The van der Waals surface area contributed by atoms with Crippen LogP contribution in [0.4, 0.5) is 0 Å². The molecule has 3 N–H and O–H groups in total. The van der Waals surface area contributed by atoms with Gasteiger partial charge in [-0.1, -0.05) is 0 Å². The van der Waals surface area contributed by atoms with Crippen molar-refractivity contribution < 1.29 is 14.6 Å². The lowest BCUT2D eigenvalue weighted by molar-refractivity contribution is 0.0656. The minimum Gasteiger partial charge on any atom is -0.478 e. The zero-order valence-corrected chi connectivity index (χ0v) is 9.23. The number of carboxylic acid groups (broad SMARTS) is 1. The highest BCUT2D eigenvalue weighted by molar-refractivity contribution is 5.87. The molecule has 0 fully saturated rings. The van der Waals surface area contributed by atoms with E-state index in [1.807, 2.05) is 13.8 Å². The monoisotopic (exact) mass is 222 g/mol. The molecule has 0 aromatic carbocycles. The topological polar surface area (TPSA) is 85.4 Å². The van der Waals surface area contributed by atoms with Crippen LogP contribution in [0.5, 0.6) is 5.88 Å². The summed E-state index contributed by atoms with van der Waals surface area (Å²) >= 11 is 0. The van der Waals surface area contributed by atoms with E-state index in [1.165, 1.54) is 12.3 Å². The summed E-state index contributed by atoms with van der Waals surface area (Å²) in [5, 5.41) is 8.85. The van der Waals surface area contributed by atoms with Gasteiger partial charge < -0.3 is 15.6 Å². The van der Waals surface area contributed by atoms with Crippen LogP contribution in [0.25, 0.3) is 0 Å². The number of carboxylic acids is 1. The summed E-state index contributed by atoms with van der Waals surface area (Å²) < 4.78 is 5.64. The van der Waals surface area contributed by atoms with E-state index in [-0.39, 0.29) is 17.2 Å². The van der Waals surface area contributed by atoms with Crippen molar-refractivity contribution >= 4 is 5.97 Å². The Labute approximate surface area is 93.2 Å². The fraction of sp³-hybridized carbons (Fsp3) is 0.455. The number of carbonyl (C=O) groups is 1. The standard InChI is InChI=1S/C11H14N2O3/c1-11(2)4-8(12)7-3-6(10(14)15)5-13-9(7)16-11/h3,5,8H,4,12H2,1-2H3,(H,14,15)/t8-/m0/s1. The second-order valence-corrected chi connectivity index (χ2v) is 4.60. The first-order chi connectivity index (χ1) is 7.39. The van der Waals surface area contributed by atoms with Crippen LogP contribution in [0.3, 0.4) is 0 Å². The predicted octanol–water partition coefficient (Wildman–Crippen LogP) is 1.34. The number of hydrogen-bond acceptors (Lipinski definition) is 4. The van der Waals surface area contributed by atoms with Crippen molar-refractivity contribution in [1.29, 1.82) is 0 Å². The molecular formula is C11H14N2O3. The average Bonchev–Trinajstić information content (AvgIpc) is 2.15. The van der Waals surface area contributed by atoms with E-state index in [1.54, 1.807) is 0 Å². The van der Waals surface area contributed by atoms with Crippen molar-refractivity contribution in [2.45, 2.75) is 31.9 Å². The van der Waals surface area contributed by atoms with Crippen LogP contribution in [0, 0.1) is 0 Å². The lowest BCUT2D eigenvalue weighted by Gasteiger charge is -2.35. The number of nitrogens with two attached hydrogens (primary N) is 1. The molecule has 2 heterocycles. The number of hydrogen-bond donors (Lipinski definition) is 2. The van der Waals surface area contributed by atoms with Gasteiger partial charge in [0, 0.05) is 24.2 Å². The molecule has 0 saturated carbocycles. The molecule has 0 saturated heterocycles. The average molecular weight is 222 g/mol. The maximum Gasteiger partial charge on any atom is 0.337 e. The van der Waals surface area contributed by atoms with Crippen LogP contribution in [-0.2, 0) is 0 Å². The quantitative estimate of drug-likeness (QED) is 0.748. The number of aromatic carboxylic acids is 1. The van der Waals surface area contributed by atoms with Gasteiger partial charge >= 0.3 is 5.97 Å². The van der Waals surface area contributed by atoms with Crippen LogP contribution in [0.15, 0.2) is 12.3 Å². The Morgan fingerprint density at radius 3 is 3.00 bits per heavy atom. The van der Waals surface area contributed by atoms with Gasteiger partial charge in [0.2, 0.25) is 5.88 Å². The normalized spacial score (nSPS) is 22.1. The van der Waals surface area contributed by atoms with Crippen molar-refractivity contribution in [1.82, 2.24) is 4.98 Å². The first-order valence-electron chi connectivity index (χ1n) is 5.07. The molecule has 1 aliphatic rings. The molecule has 16 heavy (non-hydrogen) atoms. The Morgan fingerprint density at radius 1 is 1.69 bits per heavy atom. The minimum absolute atomic E-state index is 0.137. The lowest BCUT2D eigenvalue weighted by atomic mass is 9.91. The summed E-state index contributed by atoms with van der Waals surface area (Å²) in [7, 11) is 0. The highest BCUT2D eigenvalue weighted by atomic mass is 16.5. The zero-order valence-electron chi connectivity index (χ0n) is 9.23. The van der Waals surface area contributed by atoms with Gasteiger partial charge in [-0.25, -0.2) is 9.78 Å². The largest absolute Gasteiger partial charge is 0.478 e. The van der Waals surface area contributed by atoms with E-state index in [4.69, 9.17) is 15.6 Å². The Morgan fingerprint density at radius 2 is 2.38 bits per heavy atom. The molecule has 5 heteroatoms. The molecule has 0 unspecified atom stereocenters. The fourth-order valence-corrected chi connectivity index (χ4v) is 1.88. The van der Waals surface area contributed by atoms with E-state index in [0.717, 1.165) is 0 Å². The van der Waals surface area contributed by atoms with E-state index in [2.05, 4.69) is 4.98 Å². The Kier molecular flexibility index (Phi) is 2.35. The summed E-state index contributed by atoms with van der Waals surface area (Å²) in [5.74, 6) is -0.568. The third kappa shape index (κ3) is 1.86. The summed E-state index contributed by atoms with van der Waals surface area (Å²) in [6.07, 6.45) is 1.93. The van der Waals surface area contributed by atoms with Gasteiger partial charge in [0.15, 0.2) is 0 Å². The van der Waals surface area contributed by atoms with Crippen LogP contribution in [0.1, 0.15) is 42.2 Å². The number of pyridine rings is 1. The molecule has 1 aliphatic heterocycles. The van der Waals surface area contributed by atoms with Crippen molar-refractivity contribution in [2.75, 3.05) is 0 Å². The molecule has 1 aromatic heterocycles. The summed E-state index contributed by atoms with van der Waals surface area (Å²) in [6.45, 7) is 3.87. The van der Waals surface area contributed by atoms with E-state index in [0.29, 0.717) is 17.9 Å². The molecule has 0 bridgehead atoms. The van der Waals surface area contributed by atoms with Gasteiger partial charge in [-0.15, -0.1) is 0 Å². The zero-order chi connectivity index (χ0) is 11.9. The molecule has 0 spiro atoms. The predicted molar refractivity (Wildman–Crippen MR) is 57.4 cm³/mol. The van der Waals surface area contributed by atoms with Crippen molar-refractivity contribution in [3.63, 3.8) is 0 Å². The van der Waals surface area contributed by atoms with Crippen LogP contribution in [0.2, 0.25) is 0 Å². The molecule has 5 nitrogen and oxygen atoms in total. The lowest BCUT2D eigenvalue weighted by Crippen LogP contribution is -2.38. The number of rotatable bonds is 1. The van der Waals surface area contributed by atoms with Gasteiger partial charge in [0.05, 0.1) is 5.56 Å². The second kappa shape index (κ2) is 3.45. The molecule has 1 aromatic rings. The van der Waals surface area contributed by atoms with Crippen LogP contribution >= 0.6 is 0 Å². The Balaban J connectivity index is 2.45. The third-order valence-corrected chi connectivity index (χ3v) is 2.61. The van der Waals surface area contributed by atoms with Crippen molar-refractivity contribution in [2.24, 2.45) is 5.73 Å². The van der Waals surface area contributed by atoms with Crippen molar-refractivity contribution in [3.8, 4) is 5.88 Å². The summed E-state index contributed by atoms with van der Waals surface area (Å²) in [6, 6.07) is 1.30. The van der Waals surface area contributed by atoms with Gasteiger partial charge in [0.25, 0.3) is 0 Å². The molecule has 0 amide bonds. The van der Waals surface area contributed by atoms with E-state index in [9.17, 15) is 4.79 Å². The molecule has 0 aliphatic carbocycles. The molecular weight excluding hydrogens is 208 g/mol. The highest BCUT2D eigenvalue weighted by Gasteiger charge is 2.33. The maximum atomic E-state index is 10.8. The molecule has 1 atom stereocenters. The van der Waals surface area contributed by atoms with Gasteiger partial charge in [-0.05, 0) is 19.9 Å². The van der Waals surface area contributed by atoms with Crippen molar-refractivity contribution in [3.05, 3.63) is 23.4 Å². The highest BCUT2D eigenvalue weighted by Crippen LogP contribution is 2.36. The first-order valence-corrected chi connectivity index (χ1v) is 5.07.